The number of ether oxygens (including phenoxy) is 1. The largest absolute Gasteiger partial charge is 0.480 e. The van der Waals surface area contributed by atoms with Crippen molar-refractivity contribution in [2.45, 2.75) is 6.04 Å². The van der Waals surface area contributed by atoms with Gasteiger partial charge in [0, 0.05) is 12.6 Å². The Hall–Kier alpha value is -2.00. The molecule has 1 heterocycles. The van der Waals surface area contributed by atoms with Crippen molar-refractivity contribution in [3.63, 3.8) is 0 Å². The third-order valence-corrected chi connectivity index (χ3v) is 3.91. The fourth-order valence-electron chi connectivity index (χ4n) is 2.03. The predicted octanol–water partition coefficient (Wildman–Crippen LogP) is 1.28. The number of halogens is 1. The molecule has 0 radical (unpaired) electrons. The number of aliphatic carboxylic acids is 1. The zero-order valence-electron chi connectivity index (χ0n) is 10.7. The standard InChI is InChI=1S/C12H11BrN2O6/c13-10-7(2-1-3-8(10)15(19)20)11(16)14-4-5-21-6-9(14)12(17)18/h1-3,9H,4-6H2,(H,17,18). The molecule has 0 saturated carbocycles. The summed E-state index contributed by atoms with van der Waals surface area (Å²) in [5.74, 6) is -1.76. The van der Waals surface area contributed by atoms with Gasteiger partial charge < -0.3 is 14.7 Å². The second-order valence-electron chi connectivity index (χ2n) is 4.32. The molecule has 1 aromatic carbocycles. The molecule has 1 aliphatic rings. The lowest BCUT2D eigenvalue weighted by Gasteiger charge is -2.33. The second kappa shape index (κ2) is 6.19. The van der Waals surface area contributed by atoms with Crippen molar-refractivity contribution >= 4 is 33.5 Å². The maximum absolute atomic E-state index is 12.5. The topological polar surface area (TPSA) is 110 Å². The molecule has 21 heavy (non-hydrogen) atoms. The van der Waals surface area contributed by atoms with Gasteiger partial charge in [0.2, 0.25) is 0 Å². The molecule has 1 aromatic rings. The van der Waals surface area contributed by atoms with Gasteiger partial charge >= 0.3 is 5.97 Å². The van der Waals surface area contributed by atoms with Gasteiger partial charge in [-0.05, 0) is 22.0 Å². The molecule has 1 aliphatic heterocycles. The quantitative estimate of drug-likeness (QED) is 0.643. The number of benzene rings is 1. The van der Waals surface area contributed by atoms with E-state index in [1.807, 2.05) is 0 Å². The number of nitrogens with zero attached hydrogens (tertiary/aromatic N) is 2. The van der Waals surface area contributed by atoms with Crippen LogP contribution < -0.4 is 0 Å². The van der Waals surface area contributed by atoms with Gasteiger partial charge in [0.25, 0.3) is 11.6 Å². The Kier molecular flexibility index (Phi) is 4.53. The van der Waals surface area contributed by atoms with E-state index in [2.05, 4.69) is 15.9 Å². The Balaban J connectivity index is 2.37. The molecule has 1 fully saturated rings. The minimum atomic E-state index is -1.18. The first-order valence-electron chi connectivity index (χ1n) is 5.98. The smallest absolute Gasteiger partial charge is 0.328 e. The second-order valence-corrected chi connectivity index (χ2v) is 5.12. The van der Waals surface area contributed by atoms with E-state index in [1.165, 1.54) is 18.2 Å². The van der Waals surface area contributed by atoms with Gasteiger partial charge in [-0.15, -0.1) is 0 Å². The molecule has 9 heteroatoms. The molecule has 1 unspecified atom stereocenters. The number of carboxylic acid groups (broad SMARTS) is 1. The zero-order valence-corrected chi connectivity index (χ0v) is 12.3. The summed E-state index contributed by atoms with van der Waals surface area (Å²) in [7, 11) is 0. The summed E-state index contributed by atoms with van der Waals surface area (Å²) in [5.41, 5.74) is -0.196. The SMILES string of the molecule is O=C(O)C1COCCN1C(=O)c1cccc([N+](=O)[O-])c1Br. The number of hydrogen-bond donors (Lipinski definition) is 1. The summed E-state index contributed by atoms with van der Waals surface area (Å²) in [6, 6.07) is 2.95. The van der Waals surface area contributed by atoms with Crippen LogP contribution in [-0.4, -0.2) is 52.6 Å². The van der Waals surface area contributed by atoms with E-state index in [9.17, 15) is 19.7 Å². The molecule has 0 aliphatic carbocycles. The van der Waals surface area contributed by atoms with Crippen LogP contribution in [-0.2, 0) is 9.53 Å². The first kappa shape index (κ1) is 15.4. The van der Waals surface area contributed by atoms with Crippen molar-refractivity contribution < 1.29 is 24.4 Å². The van der Waals surface area contributed by atoms with Crippen LogP contribution in [0.3, 0.4) is 0 Å². The number of carbonyl (C=O) groups excluding carboxylic acids is 1. The van der Waals surface area contributed by atoms with Crippen LogP contribution in [0.25, 0.3) is 0 Å². The number of morpholine rings is 1. The maximum atomic E-state index is 12.5. The molecule has 0 spiro atoms. The highest BCUT2D eigenvalue weighted by Gasteiger charge is 2.34. The van der Waals surface area contributed by atoms with Crippen LogP contribution in [0.4, 0.5) is 5.69 Å². The number of hydrogen-bond acceptors (Lipinski definition) is 5. The lowest BCUT2D eigenvalue weighted by molar-refractivity contribution is -0.385. The van der Waals surface area contributed by atoms with Gasteiger partial charge in [0.1, 0.15) is 4.47 Å². The fraction of sp³-hybridized carbons (Fsp3) is 0.333. The molecule has 0 aromatic heterocycles. The van der Waals surface area contributed by atoms with Crippen LogP contribution in [0, 0.1) is 10.1 Å². The Morgan fingerprint density at radius 1 is 1.48 bits per heavy atom. The van der Waals surface area contributed by atoms with Gasteiger partial charge in [0.15, 0.2) is 6.04 Å². The van der Waals surface area contributed by atoms with Crippen molar-refractivity contribution in [2.75, 3.05) is 19.8 Å². The zero-order chi connectivity index (χ0) is 15.6. The molecule has 112 valence electrons. The van der Waals surface area contributed by atoms with Crippen molar-refractivity contribution in [1.29, 1.82) is 0 Å². The number of carboxylic acids is 1. The number of carbonyl (C=O) groups is 2. The van der Waals surface area contributed by atoms with E-state index in [0.29, 0.717) is 0 Å². The summed E-state index contributed by atoms with van der Waals surface area (Å²) in [5, 5.41) is 20.0. The summed E-state index contributed by atoms with van der Waals surface area (Å²) >= 11 is 3.04. The first-order chi connectivity index (χ1) is 9.93. The fourth-order valence-corrected chi connectivity index (χ4v) is 2.61. The number of nitro benzene ring substituents is 1. The lowest BCUT2D eigenvalue weighted by Crippen LogP contribution is -2.52. The Bertz CT molecular complexity index is 605. The highest BCUT2D eigenvalue weighted by molar-refractivity contribution is 9.10. The minimum Gasteiger partial charge on any atom is -0.480 e. The Labute approximate surface area is 127 Å². The normalized spacial score (nSPS) is 18.3. The monoisotopic (exact) mass is 358 g/mol. The van der Waals surface area contributed by atoms with Crippen LogP contribution in [0.1, 0.15) is 10.4 Å². The maximum Gasteiger partial charge on any atom is 0.328 e. The number of amides is 1. The van der Waals surface area contributed by atoms with Gasteiger partial charge in [0.05, 0.1) is 23.7 Å². The number of rotatable bonds is 3. The predicted molar refractivity (Wildman–Crippen MR) is 74.1 cm³/mol. The van der Waals surface area contributed by atoms with Gasteiger partial charge in [-0.1, -0.05) is 6.07 Å². The molecule has 0 bridgehead atoms. The third kappa shape index (κ3) is 3.03. The van der Waals surface area contributed by atoms with E-state index in [1.54, 1.807) is 0 Å². The van der Waals surface area contributed by atoms with E-state index in [0.717, 1.165) is 4.90 Å². The molecular formula is C12H11BrN2O6. The highest BCUT2D eigenvalue weighted by Crippen LogP contribution is 2.29. The molecular weight excluding hydrogens is 348 g/mol. The van der Waals surface area contributed by atoms with Gasteiger partial charge in [-0.25, -0.2) is 4.79 Å². The van der Waals surface area contributed by atoms with Crippen molar-refractivity contribution in [2.24, 2.45) is 0 Å². The molecule has 1 amide bonds. The number of nitro groups is 1. The molecule has 1 N–H and O–H groups in total. The summed E-state index contributed by atoms with van der Waals surface area (Å²) in [6.07, 6.45) is 0. The van der Waals surface area contributed by atoms with Gasteiger partial charge in [-0.3, -0.25) is 14.9 Å². The van der Waals surface area contributed by atoms with Gasteiger partial charge in [-0.2, -0.15) is 0 Å². The molecule has 2 rings (SSSR count). The van der Waals surface area contributed by atoms with Crippen molar-refractivity contribution in [3.05, 3.63) is 38.3 Å². The van der Waals surface area contributed by atoms with E-state index < -0.39 is 22.8 Å². The summed E-state index contributed by atoms with van der Waals surface area (Å²) < 4.78 is 5.09. The van der Waals surface area contributed by atoms with E-state index in [4.69, 9.17) is 9.84 Å². The van der Waals surface area contributed by atoms with Crippen LogP contribution in [0.2, 0.25) is 0 Å². The molecule has 8 nitrogen and oxygen atoms in total. The molecule has 1 saturated heterocycles. The van der Waals surface area contributed by atoms with Crippen LogP contribution >= 0.6 is 15.9 Å². The van der Waals surface area contributed by atoms with E-state index >= 15 is 0 Å². The average Bonchev–Trinajstić information content (AvgIpc) is 2.46. The van der Waals surface area contributed by atoms with Crippen LogP contribution in [0.5, 0.6) is 0 Å². The summed E-state index contributed by atoms with van der Waals surface area (Å²) in [6.45, 7) is 0.237. The lowest BCUT2D eigenvalue weighted by atomic mass is 10.1. The Morgan fingerprint density at radius 3 is 2.81 bits per heavy atom. The average molecular weight is 359 g/mol. The van der Waals surface area contributed by atoms with Crippen molar-refractivity contribution in [1.82, 2.24) is 4.90 Å². The van der Waals surface area contributed by atoms with Crippen molar-refractivity contribution in [3.8, 4) is 0 Å². The molecule has 1 atom stereocenters. The third-order valence-electron chi connectivity index (χ3n) is 3.08. The van der Waals surface area contributed by atoms with Crippen LogP contribution in [0.15, 0.2) is 22.7 Å². The highest BCUT2D eigenvalue weighted by atomic mass is 79.9. The summed E-state index contributed by atoms with van der Waals surface area (Å²) in [4.78, 5) is 35.0. The first-order valence-corrected chi connectivity index (χ1v) is 6.77. The van der Waals surface area contributed by atoms with E-state index in [-0.39, 0.29) is 35.5 Å². The Morgan fingerprint density at radius 2 is 2.19 bits per heavy atom. The minimum absolute atomic E-state index is 0.0376.